The first-order chi connectivity index (χ1) is 23.8. The van der Waals surface area contributed by atoms with Crippen molar-refractivity contribution >= 4 is 58.0 Å². The number of methoxy groups -OCH3 is 1. The Morgan fingerprint density at radius 2 is 1.53 bits per heavy atom. The van der Waals surface area contributed by atoms with Crippen LogP contribution in [-0.4, -0.2) is 35.1 Å². The number of oxazole rings is 1. The number of hydrogen-bond acceptors (Lipinski definition) is 7. The van der Waals surface area contributed by atoms with E-state index in [-0.39, 0.29) is 11.6 Å². The van der Waals surface area contributed by atoms with Gasteiger partial charge in [-0.05, 0) is 97.4 Å². The van der Waals surface area contributed by atoms with Crippen LogP contribution in [0.2, 0.25) is 0 Å². The van der Waals surface area contributed by atoms with Crippen molar-refractivity contribution in [2.75, 3.05) is 17.7 Å². The number of nitrogens with zero attached hydrogens (tertiary/aromatic N) is 1. The number of hydrogen-bond donors (Lipinski definition) is 3. The molecule has 6 rings (SSSR count). The molecule has 0 bridgehead atoms. The van der Waals surface area contributed by atoms with E-state index in [1.54, 1.807) is 79.9 Å². The molecule has 0 aliphatic carbocycles. The highest BCUT2D eigenvalue weighted by atomic mass is 32.2. The summed E-state index contributed by atoms with van der Waals surface area (Å²) in [5.74, 6) is 0.0807. The number of fused-ring (bicyclic) bond motifs is 1. The molecule has 9 nitrogen and oxygen atoms in total. The number of amides is 3. The van der Waals surface area contributed by atoms with Gasteiger partial charge >= 0.3 is 0 Å². The van der Waals surface area contributed by atoms with Crippen molar-refractivity contribution in [2.24, 2.45) is 0 Å². The Balaban J connectivity index is 1.10. The van der Waals surface area contributed by atoms with E-state index in [9.17, 15) is 14.4 Å². The first kappa shape index (κ1) is 32.8. The van der Waals surface area contributed by atoms with E-state index in [2.05, 4.69) is 20.9 Å². The first-order valence-corrected chi connectivity index (χ1v) is 16.3. The van der Waals surface area contributed by atoms with Crippen molar-refractivity contribution in [3.8, 4) is 17.2 Å². The fourth-order valence-corrected chi connectivity index (χ4v) is 5.77. The summed E-state index contributed by atoms with van der Waals surface area (Å²) in [6, 6.07) is 37.9. The lowest BCUT2D eigenvalue weighted by Crippen LogP contribution is -2.30. The zero-order valence-electron chi connectivity index (χ0n) is 26.7. The first-order valence-electron chi connectivity index (χ1n) is 15.4. The summed E-state index contributed by atoms with van der Waals surface area (Å²) in [7, 11) is 1.57. The number of anilines is 2. The number of ether oxygens (including phenoxy) is 1. The number of carbonyl (C=O) groups is 3. The van der Waals surface area contributed by atoms with Gasteiger partial charge in [0.1, 0.15) is 17.0 Å². The maximum atomic E-state index is 13.5. The molecule has 0 saturated carbocycles. The SMILES string of the molecule is COc1ccc(/C=C(/NC(=O)c2ccccc2)C(=O)Nc2cccc(SC(C)C(=O)Nc3ccc(-c4nc5ccccc5o4)cc3)c2)cc1. The smallest absolute Gasteiger partial charge is 0.272 e. The molecule has 0 aliphatic rings. The second kappa shape index (κ2) is 15.2. The minimum Gasteiger partial charge on any atom is -0.497 e. The predicted molar refractivity (Wildman–Crippen MR) is 193 cm³/mol. The lowest BCUT2D eigenvalue weighted by atomic mass is 10.1. The molecule has 1 unspecified atom stereocenters. The van der Waals surface area contributed by atoms with E-state index in [1.807, 2.05) is 67.6 Å². The largest absolute Gasteiger partial charge is 0.497 e. The van der Waals surface area contributed by atoms with Gasteiger partial charge in [0.2, 0.25) is 11.8 Å². The normalized spacial score (nSPS) is 11.8. The topological polar surface area (TPSA) is 123 Å². The van der Waals surface area contributed by atoms with Crippen molar-refractivity contribution < 1.29 is 23.5 Å². The molecule has 244 valence electrons. The van der Waals surface area contributed by atoms with Crippen molar-refractivity contribution in [1.29, 1.82) is 0 Å². The van der Waals surface area contributed by atoms with Crippen molar-refractivity contribution in [1.82, 2.24) is 10.3 Å². The van der Waals surface area contributed by atoms with Crippen LogP contribution >= 0.6 is 11.8 Å². The molecule has 1 atom stereocenters. The molecule has 3 amide bonds. The Morgan fingerprint density at radius 1 is 0.796 bits per heavy atom. The van der Waals surface area contributed by atoms with Crippen LogP contribution in [0, 0.1) is 0 Å². The van der Waals surface area contributed by atoms with E-state index < -0.39 is 17.1 Å². The molecule has 3 N–H and O–H groups in total. The summed E-state index contributed by atoms with van der Waals surface area (Å²) >= 11 is 1.35. The van der Waals surface area contributed by atoms with Crippen molar-refractivity contribution in [3.63, 3.8) is 0 Å². The van der Waals surface area contributed by atoms with Crippen molar-refractivity contribution in [2.45, 2.75) is 17.1 Å². The van der Waals surface area contributed by atoms with Crippen LogP contribution in [-0.2, 0) is 9.59 Å². The minimum atomic E-state index is -0.505. The maximum Gasteiger partial charge on any atom is 0.272 e. The molecule has 10 heteroatoms. The fraction of sp³-hybridized carbons (Fsp3) is 0.0769. The van der Waals surface area contributed by atoms with Gasteiger partial charge in [-0.25, -0.2) is 4.98 Å². The molecule has 1 aromatic heterocycles. The molecule has 0 spiro atoms. The second-order valence-corrected chi connectivity index (χ2v) is 12.4. The van der Waals surface area contributed by atoms with Gasteiger partial charge < -0.3 is 25.1 Å². The van der Waals surface area contributed by atoms with Gasteiger partial charge in [0.15, 0.2) is 5.58 Å². The molecule has 0 aliphatic heterocycles. The monoisotopic (exact) mass is 668 g/mol. The average Bonchev–Trinajstić information content (AvgIpc) is 3.57. The zero-order chi connectivity index (χ0) is 34.2. The number of benzene rings is 5. The summed E-state index contributed by atoms with van der Waals surface area (Å²) in [6.45, 7) is 1.81. The fourth-order valence-electron chi connectivity index (χ4n) is 4.85. The van der Waals surface area contributed by atoms with Crippen LogP contribution in [0.4, 0.5) is 11.4 Å². The highest BCUT2D eigenvalue weighted by Gasteiger charge is 2.18. The number of carbonyl (C=O) groups excluding carboxylic acids is 3. The van der Waals surface area contributed by atoms with Crippen LogP contribution in [0.25, 0.3) is 28.6 Å². The molecule has 1 heterocycles. The zero-order valence-corrected chi connectivity index (χ0v) is 27.5. The standard InChI is InChI=1S/C39H32N4O5S/c1-25(36(44)40-29-19-17-28(18-20-29)39-43-33-13-6-7-14-35(33)48-39)49-32-12-8-11-30(24-32)41-38(46)34(23-26-15-21-31(47-2)22-16-26)42-37(45)27-9-4-3-5-10-27/h3-25H,1-2H3,(H,40,44)(H,41,46)(H,42,45)/b34-23+. The van der Waals surface area contributed by atoms with E-state index >= 15 is 0 Å². The molecule has 0 saturated heterocycles. The van der Waals surface area contributed by atoms with Crippen LogP contribution in [0.3, 0.4) is 0 Å². The van der Waals surface area contributed by atoms with Gasteiger partial charge in [-0.1, -0.05) is 48.5 Å². The number of para-hydroxylation sites is 2. The Bertz CT molecular complexity index is 2090. The number of aromatic nitrogens is 1. The summed E-state index contributed by atoms with van der Waals surface area (Å²) in [4.78, 5) is 44.9. The number of thioether (sulfide) groups is 1. The Hall–Kier alpha value is -6.13. The Labute approximate surface area is 287 Å². The minimum absolute atomic E-state index is 0.0620. The van der Waals surface area contributed by atoms with Crippen LogP contribution in [0.5, 0.6) is 5.75 Å². The van der Waals surface area contributed by atoms with Crippen molar-refractivity contribution in [3.05, 3.63) is 144 Å². The molecular weight excluding hydrogens is 637 g/mol. The third-order valence-corrected chi connectivity index (χ3v) is 8.52. The van der Waals surface area contributed by atoms with E-state index in [4.69, 9.17) is 9.15 Å². The van der Waals surface area contributed by atoms with E-state index in [0.29, 0.717) is 39.7 Å². The number of rotatable bonds is 11. The van der Waals surface area contributed by atoms with Crippen LogP contribution in [0.1, 0.15) is 22.8 Å². The second-order valence-electron chi connectivity index (χ2n) is 10.9. The van der Waals surface area contributed by atoms with Gasteiger partial charge in [-0.15, -0.1) is 11.8 Å². The Morgan fingerprint density at radius 3 is 2.27 bits per heavy atom. The van der Waals surface area contributed by atoms with Gasteiger partial charge in [-0.3, -0.25) is 14.4 Å². The molecule has 0 radical (unpaired) electrons. The Kier molecular flexibility index (Phi) is 10.2. The summed E-state index contributed by atoms with van der Waals surface area (Å²) < 4.78 is 11.1. The van der Waals surface area contributed by atoms with Gasteiger partial charge in [0.05, 0.1) is 12.4 Å². The maximum absolute atomic E-state index is 13.5. The number of nitrogens with one attached hydrogen (secondary N) is 3. The summed E-state index contributed by atoms with van der Waals surface area (Å²) in [5.41, 5.74) is 4.63. The van der Waals surface area contributed by atoms with Crippen LogP contribution < -0.4 is 20.7 Å². The highest BCUT2D eigenvalue weighted by Crippen LogP contribution is 2.28. The van der Waals surface area contributed by atoms with Gasteiger partial charge in [0.25, 0.3) is 11.8 Å². The quantitative estimate of drug-likeness (QED) is 0.0944. The van der Waals surface area contributed by atoms with E-state index in [1.165, 1.54) is 11.8 Å². The summed E-state index contributed by atoms with van der Waals surface area (Å²) in [5, 5.41) is 8.13. The lowest BCUT2D eigenvalue weighted by molar-refractivity contribution is -0.115. The van der Waals surface area contributed by atoms with E-state index in [0.717, 1.165) is 16.0 Å². The summed E-state index contributed by atoms with van der Waals surface area (Å²) in [6.07, 6.45) is 1.60. The third kappa shape index (κ3) is 8.43. The molecule has 5 aromatic carbocycles. The van der Waals surface area contributed by atoms with Crippen LogP contribution in [0.15, 0.2) is 142 Å². The molecule has 6 aromatic rings. The lowest BCUT2D eigenvalue weighted by Gasteiger charge is -2.14. The molecule has 49 heavy (non-hydrogen) atoms. The van der Waals surface area contributed by atoms with Gasteiger partial charge in [0, 0.05) is 27.4 Å². The molecule has 0 fully saturated rings. The predicted octanol–water partition coefficient (Wildman–Crippen LogP) is 8.03. The average molecular weight is 669 g/mol. The highest BCUT2D eigenvalue weighted by molar-refractivity contribution is 8.00. The van der Waals surface area contributed by atoms with Gasteiger partial charge in [-0.2, -0.15) is 0 Å². The molecular formula is C39H32N4O5S. The third-order valence-electron chi connectivity index (χ3n) is 7.42.